The Balaban J connectivity index is 1.67. The number of fused-ring (bicyclic) bond motifs is 1. The Morgan fingerprint density at radius 1 is 1.33 bits per heavy atom. The van der Waals surface area contributed by atoms with E-state index in [-0.39, 0.29) is 0 Å². The van der Waals surface area contributed by atoms with Gasteiger partial charge in [0.1, 0.15) is 0 Å². The van der Waals surface area contributed by atoms with Gasteiger partial charge < -0.3 is 14.8 Å². The molecule has 0 aliphatic carbocycles. The van der Waals surface area contributed by atoms with E-state index < -0.39 is 0 Å². The van der Waals surface area contributed by atoms with Gasteiger partial charge in [-0.1, -0.05) is 6.42 Å². The van der Waals surface area contributed by atoms with Crippen LogP contribution >= 0.6 is 0 Å². The number of imidazole rings is 1. The fraction of sp³-hybridized carbons (Fsp3) is 0.786. The molecule has 2 aliphatic heterocycles. The molecular weight excluding hydrogens is 224 g/mol. The highest BCUT2D eigenvalue weighted by molar-refractivity contribution is 5.17. The maximum Gasteiger partial charge on any atom is 0.0955 e. The zero-order valence-electron chi connectivity index (χ0n) is 11.4. The van der Waals surface area contributed by atoms with Crippen molar-refractivity contribution in [2.45, 2.75) is 45.2 Å². The quantitative estimate of drug-likeness (QED) is 0.881. The van der Waals surface area contributed by atoms with Crippen LogP contribution in [0.1, 0.15) is 43.6 Å². The van der Waals surface area contributed by atoms with E-state index in [9.17, 15) is 0 Å². The highest BCUT2D eigenvalue weighted by Gasteiger charge is 2.20. The molecule has 0 saturated carbocycles. The van der Waals surface area contributed by atoms with Gasteiger partial charge in [0.05, 0.1) is 12.0 Å². The fourth-order valence-corrected chi connectivity index (χ4v) is 3.24. The van der Waals surface area contributed by atoms with Gasteiger partial charge in [-0.25, -0.2) is 4.98 Å². The molecule has 0 radical (unpaired) electrons. The maximum atomic E-state index is 4.55. The number of hydrogen-bond donors (Lipinski definition) is 1. The standard InChI is InChI=1S/C14H24N4/c1-12(10-17-7-3-2-4-8-17)18-11-16-13-9-15-6-5-14(13)18/h11-12,15H,2-10H2,1H3. The van der Waals surface area contributed by atoms with Crippen LogP contribution in [0.15, 0.2) is 6.33 Å². The third kappa shape index (κ3) is 2.45. The second-order valence-corrected chi connectivity index (χ2v) is 5.68. The highest BCUT2D eigenvalue weighted by Crippen LogP contribution is 2.19. The van der Waals surface area contributed by atoms with Crippen LogP contribution < -0.4 is 5.32 Å². The lowest BCUT2D eigenvalue weighted by Crippen LogP contribution is -2.35. The zero-order chi connectivity index (χ0) is 12.4. The lowest BCUT2D eigenvalue weighted by molar-refractivity contribution is 0.200. The number of hydrogen-bond acceptors (Lipinski definition) is 3. The van der Waals surface area contributed by atoms with Gasteiger partial charge in [-0.15, -0.1) is 0 Å². The van der Waals surface area contributed by atoms with Crippen LogP contribution in [0.25, 0.3) is 0 Å². The van der Waals surface area contributed by atoms with Crippen LogP contribution in [-0.4, -0.2) is 40.6 Å². The predicted octanol–water partition coefficient (Wildman–Crippen LogP) is 1.58. The summed E-state index contributed by atoms with van der Waals surface area (Å²) in [6.07, 6.45) is 7.33. The average molecular weight is 248 g/mol. The van der Waals surface area contributed by atoms with Crippen LogP contribution in [0.2, 0.25) is 0 Å². The van der Waals surface area contributed by atoms with Crippen LogP contribution in [0.5, 0.6) is 0 Å². The minimum absolute atomic E-state index is 0.553. The van der Waals surface area contributed by atoms with Gasteiger partial charge in [0.2, 0.25) is 0 Å². The molecule has 1 unspecified atom stereocenters. The van der Waals surface area contributed by atoms with Gasteiger partial charge in [0.15, 0.2) is 0 Å². The molecule has 3 heterocycles. The first-order chi connectivity index (χ1) is 8.84. The van der Waals surface area contributed by atoms with E-state index in [1.807, 2.05) is 6.33 Å². The summed E-state index contributed by atoms with van der Waals surface area (Å²) >= 11 is 0. The van der Waals surface area contributed by atoms with Crippen molar-refractivity contribution in [2.75, 3.05) is 26.2 Å². The molecule has 2 aliphatic rings. The monoisotopic (exact) mass is 248 g/mol. The Hall–Kier alpha value is -0.870. The molecule has 1 atom stereocenters. The fourth-order valence-electron chi connectivity index (χ4n) is 3.24. The summed E-state index contributed by atoms with van der Waals surface area (Å²) in [5.41, 5.74) is 2.71. The second kappa shape index (κ2) is 5.41. The van der Waals surface area contributed by atoms with Crippen molar-refractivity contribution >= 4 is 0 Å². The molecule has 4 heteroatoms. The van der Waals surface area contributed by atoms with Crippen molar-refractivity contribution in [3.05, 3.63) is 17.7 Å². The van der Waals surface area contributed by atoms with Gasteiger partial charge in [0, 0.05) is 37.8 Å². The molecule has 100 valence electrons. The summed E-state index contributed by atoms with van der Waals surface area (Å²) in [5, 5.41) is 3.39. The molecule has 0 aromatic carbocycles. The molecule has 1 aromatic heterocycles. The van der Waals surface area contributed by atoms with Crippen molar-refractivity contribution in [1.82, 2.24) is 19.8 Å². The van der Waals surface area contributed by atoms with Crippen molar-refractivity contribution in [3.8, 4) is 0 Å². The Morgan fingerprint density at radius 2 is 2.17 bits per heavy atom. The summed E-state index contributed by atoms with van der Waals surface area (Å²) in [7, 11) is 0. The van der Waals surface area contributed by atoms with Crippen LogP contribution in [0.4, 0.5) is 0 Å². The van der Waals surface area contributed by atoms with Gasteiger partial charge in [-0.05, 0) is 32.9 Å². The Kier molecular flexibility index (Phi) is 3.66. The first-order valence-corrected chi connectivity index (χ1v) is 7.32. The number of piperidine rings is 1. The Labute approximate surface area is 109 Å². The Morgan fingerprint density at radius 3 is 3.00 bits per heavy atom. The maximum absolute atomic E-state index is 4.55. The van der Waals surface area contributed by atoms with E-state index in [4.69, 9.17) is 0 Å². The molecule has 1 fully saturated rings. The molecule has 18 heavy (non-hydrogen) atoms. The smallest absolute Gasteiger partial charge is 0.0955 e. The summed E-state index contributed by atoms with van der Waals surface area (Å²) in [5.74, 6) is 0. The average Bonchev–Trinajstić information content (AvgIpc) is 2.84. The zero-order valence-corrected chi connectivity index (χ0v) is 11.4. The highest BCUT2D eigenvalue weighted by atomic mass is 15.2. The van der Waals surface area contributed by atoms with E-state index >= 15 is 0 Å². The topological polar surface area (TPSA) is 33.1 Å². The van der Waals surface area contributed by atoms with E-state index in [2.05, 4.69) is 26.7 Å². The van der Waals surface area contributed by atoms with E-state index in [0.29, 0.717) is 6.04 Å². The summed E-state index contributed by atoms with van der Waals surface area (Å²) in [6, 6.07) is 0.553. The van der Waals surface area contributed by atoms with Crippen LogP contribution in [-0.2, 0) is 13.0 Å². The lowest BCUT2D eigenvalue weighted by Gasteiger charge is -2.30. The van der Waals surface area contributed by atoms with Crippen LogP contribution in [0.3, 0.4) is 0 Å². The van der Waals surface area contributed by atoms with Gasteiger partial charge in [0.25, 0.3) is 0 Å². The van der Waals surface area contributed by atoms with Crippen LogP contribution in [0, 0.1) is 0 Å². The minimum Gasteiger partial charge on any atom is -0.330 e. The number of nitrogens with one attached hydrogen (secondary N) is 1. The molecular formula is C14H24N4. The molecule has 0 amide bonds. The third-order valence-electron chi connectivity index (χ3n) is 4.26. The molecule has 1 aromatic rings. The number of aromatic nitrogens is 2. The second-order valence-electron chi connectivity index (χ2n) is 5.68. The van der Waals surface area contributed by atoms with E-state index in [1.165, 1.54) is 50.3 Å². The molecule has 0 bridgehead atoms. The normalized spacial score (nSPS) is 22.7. The predicted molar refractivity (Wildman–Crippen MR) is 72.6 cm³/mol. The van der Waals surface area contributed by atoms with Crippen molar-refractivity contribution in [1.29, 1.82) is 0 Å². The largest absolute Gasteiger partial charge is 0.330 e. The molecule has 1 saturated heterocycles. The minimum atomic E-state index is 0.553. The number of rotatable bonds is 3. The third-order valence-corrected chi connectivity index (χ3v) is 4.26. The first-order valence-electron chi connectivity index (χ1n) is 7.32. The van der Waals surface area contributed by atoms with Gasteiger partial charge in [-0.3, -0.25) is 0 Å². The van der Waals surface area contributed by atoms with Crippen molar-refractivity contribution < 1.29 is 0 Å². The lowest BCUT2D eigenvalue weighted by atomic mass is 10.1. The molecule has 4 nitrogen and oxygen atoms in total. The number of nitrogens with zero attached hydrogens (tertiary/aromatic N) is 3. The van der Waals surface area contributed by atoms with Gasteiger partial charge >= 0.3 is 0 Å². The molecule has 0 spiro atoms. The van der Waals surface area contributed by atoms with E-state index in [0.717, 1.165) is 19.5 Å². The van der Waals surface area contributed by atoms with E-state index in [1.54, 1.807) is 0 Å². The summed E-state index contributed by atoms with van der Waals surface area (Å²) < 4.78 is 2.41. The molecule has 1 N–H and O–H groups in total. The summed E-state index contributed by atoms with van der Waals surface area (Å²) in [4.78, 5) is 7.17. The molecule has 3 rings (SSSR count). The van der Waals surface area contributed by atoms with Crippen molar-refractivity contribution in [3.63, 3.8) is 0 Å². The first kappa shape index (κ1) is 12.2. The summed E-state index contributed by atoms with van der Waals surface area (Å²) in [6.45, 7) is 8.11. The number of likely N-dealkylation sites (tertiary alicyclic amines) is 1. The SMILES string of the molecule is CC(CN1CCCCC1)n1cnc2c1CCNC2. The Bertz CT molecular complexity index is 392. The van der Waals surface area contributed by atoms with Gasteiger partial charge in [-0.2, -0.15) is 0 Å². The van der Waals surface area contributed by atoms with Crippen molar-refractivity contribution in [2.24, 2.45) is 0 Å².